The molecular formula is C20H14F2N2O3. The number of halogens is 2. The van der Waals surface area contributed by atoms with Gasteiger partial charge < -0.3 is 15.7 Å². The maximum atomic E-state index is 14.7. The van der Waals surface area contributed by atoms with E-state index in [0.717, 1.165) is 12.1 Å². The number of hydrogen-bond donors (Lipinski definition) is 3. The molecule has 0 aliphatic rings. The number of amides is 2. The van der Waals surface area contributed by atoms with Crippen LogP contribution in [0.25, 0.3) is 0 Å². The number of carbonyl (C=O) groups is 2. The van der Waals surface area contributed by atoms with Gasteiger partial charge in [0.15, 0.2) is 0 Å². The van der Waals surface area contributed by atoms with Gasteiger partial charge in [-0.05, 0) is 48.5 Å². The van der Waals surface area contributed by atoms with Crippen LogP contribution in [0.2, 0.25) is 0 Å². The first kappa shape index (κ1) is 18.1. The Morgan fingerprint density at radius 2 is 1.33 bits per heavy atom. The third-order valence-electron chi connectivity index (χ3n) is 3.74. The number of benzene rings is 3. The zero-order valence-corrected chi connectivity index (χ0v) is 13.9. The highest BCUT2D eigenvalue weighted by Gasteiger charge is 2.20. The maximum absolute atomic E-state index is 14.7. The van der Waals surface area contributed by atoms with Crippen LogP contribution >= 0.6 is 0 Å². The monoisotopic (exact) mass is 368 g/mol. The molecule has 0 aromatic heterocycles. The first-order valence-electron chi connectivity index (χ1n) is 7.90. The SMILES string of the molecule is O=C(Nc1ccc(F)cc1)c1cccc(C(=O)Nc2ccccc2O)c1F. The molecule has 7 heteroatoms. The number of rotatable bonds is 4. The van der Waals surface area contributed by atoms with Gasteiger partial charge in [-0.1, -0.05) is 18.2 Å². The summed E-state index contributed by atoms with van der Waals surface area (Å²) in [6.45, 7) is 0. The molecule has 0 spiro atoms. The van der Waals surface area contributed by atoms with E-state index < -0.39 is 23.4 Å². The zero-order valence-electron chi connectivity index (χ0n) is 13.9. The summed E-state index contributed by atoms with van der Waals surface area (Å²) < 4.78 is 27.6. The lowest BCUT2D eigenvalue weighted by molar-refractivity contribution is 0.102. The van der Waals surface area contributed by atoms with Gasteiger partial charge in [0, 0.05) is 5.69 Å². The molecule has 3 aromatic carbocycles. The summed E-state index contributed by atoms with van der Waals surface area (Å²) in [5.41, 5.74) is -0.304. The molecule has 0 fully saturated rings. The van der Waals surface area contributed by atoms with E-state index in [1.807, 2.05) is 0 Å². The second kappa shape index (κ2) is 7.65. The third-order valence-corrected chi connectivity index (χ3v) is 3.74. The zero-order chi connectivity index (χ0) is 19.4. The Morgan fingerprint density at radius 3 is 1.96 bits per heavy atom. The van der Waals surface area contributed by atoms with E-state index in [1.165, 1.54) is 42.5 Å². The van der Waals surface area contributed by atoms with E-state index in [-0.39, 0.29) is 28.3 Å². The van der Waals surface area contributed by atoms with Gasteiger partial charge >= 0.3 is 0 Å². The van der Waals surface area contributed by atoms with Gasteiger partial charge in [-0.3, -0.25) is 9.59 Å². The minimum atomic E-state index is -1.01. The fourth-order valence-corrected chi connectivity index (χ4v) is 2.38. The number of phenolic OH excluding ortho intramolecular Hbond substituents is 1. The van der Waals surface area contributed by atoms with Crippen LogP contribution in [0, 0.1) is 11.6 Å². The summed E-state index contributed by atoms with van der Waals surface area (Å²) in [5, 5.41) is 14.5. The normalized spacial score (nSPS) is 10.3. The second-order valence-corrected chi connectivity index (χ2v) is 5.60. The molecule has 0 saturated carbocycles. The van der Waals surface area contributed by atoms with Crippen LogP contribution in [0.1, 0.15) is 20.7 Å². The molecule has 0 atom stereocenters. The molecule has 3 N–H and O–H groups in total. The first-order valence-corrected chi connectivity index (χ1v) is 7.90. The number of nitrogens with one attached hydrogen (secondary N) is 2. The summed E-state index contributed by atoms with van der Waals surface area (Å²) >= 11 is 0. The summed E-state index contributed by atoms with van der Waals surface area (Å²) in [4.78, 5) is 24.6. The Morgan fingerprint density at radius 1 is 0.741 bits per heavy atom. The van der Waals surface area contributed by atoms with Crippen molar-refractivity contribution in [3.05, 3.63) is 89.5 Å². The summed E-state index contributed by atoms with van der Waals surface area (Å²) in [5.74, 6) is -3.25. The van der Waals surface area contributed by atoms with E-state index in [4.69, 9.17) is 0 Å². The van der Waals surface area contributed by atoms with Gasteiger partial charge in [-0.25, -0.2) is 8.78 Å². The molecule has 136 valence electrons. The molecular weight excluding hydrogens is 354 g/mol. The van der Waals surface area contributed by atoms with Crippen molar-refractivity contribution in [1.82, 2.24) is 0 Å². The van der Waals surface area contributed by atoms with Crippen molar-refractivity contribution in [1.29, 1.82) is 0 Å². The molecule has 0 heterocycles. The van der Waals surface area contributed by atoms with Crippen LogP contribution in [0.4, 0.5) is 20.2 Å². The van der Waals surface area contributed by atoms with Gasteiger partial charge in [0.1, 0.15) is 17.4 Å². The van der Waals surface area contributed by atoms with Crippen molar-refractivity contribution in [2.75, 3.05) is 10.6 Å². The van der Waals surface area contributed by atoms with Crippen molar-refractivity contribution < 1.29 is 23.5 Å². The van der Waals surface area contributed by atoms with Gasteiger partial charge in [0.2, 0.25) is 0 Å². The van der Waals surface area contributed by atoms with Crippen molar-refractivity contribution in [2.24, 2.45) is 0 Å². The Labute approximate surface area is 153 Å². The van der Waals surface area contributed by atoms with E-state index in [2.05, 4.69) is 10.6 Å². The van der Waals surface area contributed by atoms with Crippen LogP contribution in [0.3, 0.4) is 0 Å². The molecule has 0 aliphatic carbocycles. The van der Waals surface area contributed by atoms with E-state index in [9.17, 15) is 23.5 Å². The molecule has 5 nitrogen and oxygen atoms in total. The maximum Gasteiger partial charge on any atom is 0.258 e. The fourth-order valence-electron chi connectivity index (χ4n) is 2.38. The number of hydrogen-bond acceptors (Lipinski definition) is 3. The summed E-state index contributed by atoms with van der Waals surface area (Å²) in [7, 11) is 0. The molecule has 0 saturated heterocycles. The van der Waals surface area contributed by atoms with Crippen LogP contribution in [-0.4, -0.2) is 16.9 Å². The van der Waals surface area contributed by atoms with Gasteiger partial charge in [0.25, 0.3) is 11.8 Å². The average Bonchev–Trinajstić information content (AvgIpc) is 2.65. The van der Waals surface area contributed by atoms with Crippen molar-refractivity contribution >= 4 is 23.2 Å². The minimum Gasteiger partial charge on any atom is -0.506 e. The molecule has 0 unspecified atom stereocenters. The number of carbonyl (C=O) groups excluding carboxylic acids is 2. The largest absolute Gasteiger partial charge is 0.506 e. The molecule has 3 rings (SSSR count). The lowest BCUT2D eigenvalue weighted by Crippen LogP contribution is -2.19. The standard InChI is InChI=1S/C20H14F2N2O3/c21-12-8-10-13(11-9-12)23-19(26)14-4-3-5-15(18(14)22)20(27)24-16-6-1-2-7-17(16)25/h1-11,25H,(H,23,26)(H,24,27). The summed E-state index contributed by atoms with van der Waals surface area (Å²) in [6, 6.07) is 14.8. The molecule has 3 aromatic rings. The molecule has 0 bridgehead atoms. The second-order valence-electron chi connectivity index (χ2n) is 5.60. The number of para-hydroxylation sites is 2. The topological polar surface area (TPSA) is 78.4 Å². The highest BCUT2D eigenvalue weighted by atomic mass is 19.1. The van der Waals surface area contributed by atoms with Gasteiger partial charge in [0.05, 0.1) is 16.8 Å². The highest BCUT2D eigenvalue weighted by molar-refractivity contribution is 6.09. The molecule has 2 amide bonds. The number of phenols is 1. The molecule has 0 aliphatic heterocycles. The van der Waals surface area contributed by atoms with E-state index in [1.54, 1.807) is 12.1 Å². The Balaban J connectivity index is 1.82. The van der Waals surface area contributed by atoms with Crippen LogP contribution in [0.5, 0.6) is 5.75 Å². The lowest BCUT2D eigenvalue weighted by Gasteiger charge is -2.10. The van der Waals surface area contributed by atoms with Gasteiger partial charge in [-0.2, -0.15) is 0 Å². The van der Waals surface area contributed by atoms with Crippen molar-refractivity contribution in [3.8, 4) is 5.75 Å². The third kappa shape index (κ3) is 4.09. The Kier molecular flexibility index (Phi) is 5.12. The summed E-state index contributed by atoms with van der Waals surface area (Å²) in [6.07, 6.45) is 0. The first-order chi connectivity index (χ1) is 13.0. The lowest BCUT2D eigenvalue weighted by atomic mass is 10.1. The van der Waals surface area contributed by atoms with Gasteiger partial charge in [-0.15, -0.1) is 0 Å². The van der Waals surface area contributed by atoms with Crippen LogP contribution in [-0.2, 0) is 0 Å². The fraction of sp³-hybridized carbons (Fsp3) is 0. The highest BCUT2D eigenvalue weighted by Crippen LogP contribution is 2.23. The molecule has 27 heavy (non-hydrogen) atoms. The smallest absolute Gasteiger partial charge is 0.258 e. The Bertz CT molecular complexity index is 1000. The van der Waals surface area contributed by atoms with Crippen LogP contribution in [0.15, 0.2) is 66.7 Å². The Hall–Kier alpha value is -3.74. The average molecular weight is 368 g/mol. The predicted molar refractivity (Wildman–Crippen MR) is 96.8 cm³/mol. The number of aromatic hydroxyl groups is 1. The molecule has 0 radical (unpaired) electrons. The van der Waals surface area contributed by atoms with E-state index >= 15 is 0 Å². The quantitative estimate of drug-likeness (QED) is 0.605. The van der Waals surface area contributed by atoms with Crippen molar-refractivity contribution in [3.63, 3.8) is 0 Å². The van der Waals surface area contributed by atoms with Crippen LogP contribution < -0.4 is 10.6 Å². The minimum absolute atomic E-state index is 0.114. The predicted octanol–water partition coefficient (Wildman–Crippen LogP) is 4.18. The number of anilines is 2. The van der Waals surface area contributed by atoms with Crippen molar-refractivity contribution in [2.45, 2.75) is 0 Å². The van der Waals surface area contributed by atoms with E-state index in [0.29, 0.717) is 0 Å².